The fourth-order valence-corrected chi connectivity index (χ4v) is 2.42. The normalized spacial score (nSPS) is 12.4. The average molecular weight is 361 g/mol. The second kappa shape index (κ2) is 9.36. The zero-order valence-electron chi connectivity index (χ0n) is 16.6. The molecule has 144 valence electrons. The van der Waals surface area contributed by atoms with Gasteiger partial charge in [0.1, 0.15) is 6.04 Å². The zero-order valence-corrected chi connectivity index (χ0v) is 16.6. The molecule has 0 heterocycles. The van der Waals surface area contributed by atoms with Gasteiger partial charge in [0, 0.05) is 12.1 Å². The van der Waals surface area contributed by atoms with Crippen molar-refractivity contribution in [2.75, 3.05) is 13.1 Å². The van der Waals surface area contributed by atoms with Crippen LogP contribution < -0.4 is 16.0 Å². The van der Waals surface area contributed by atoms with Crippen molar-refractivity contribution < 1.29 is 14.4 Å². The molecule has 0 saturated carbocycles. The van der Waals surface area contributed by atoms with Crippen LogP contribution in [0.4, 0.5) is 0 Å². The quantitative estimate of drug-likeness (QED) is 0.694. The molecule has 1 aromatic rings. The summed E-state index contributed by atoms with van der Waals surface area (Å²) in [4.78, 5) is 36.3. The van der Waals surface area contributed by atoms with E-state index >= 15 is 0 Å². The van der Waals surface area contributed by atoms with E-state index in [0.717, 1.165) is 5.56 Å². The van der Waals surface area contributed by atoms with Crippen LogP contribution in [0.3, 0.4) is 0 Å². The van der Waals surface area contributed by atoms with Crippen LogP contribution in [0, 0.1) is 5.92 Å². The van der Waals surface area contributed by atoms with Crippen molar-refractivity contribution in [1.82, 2.24) is 16.0 Å². The molecule has 3 N–H and O–H groups in total. The fourth-order valence-electron chi connectivity index (χ4n) is 2.42. The minimum atomic E-state index is -0.709. The summed E-state index contributed by atoms with van der Waals surface area (Å²) in [5.74, 6) is -1.04. The molecule has 1 aromatic carbocycles. The molecule has 0 bridgehead atoms. The molecule has 0 fully saturated rings. The Balaban J connectivity index is 2.75. The molecule has 0 saturated heterocycles. The zero-order chi connectivity index (χ0) is 19.9. The molecule has 0 radical (unpaired) electrons. The van der Waals surface area contributed by atoms with Crippen molar-refractivity contribution >= 4 is 17.7 Å². The van der Waals surface area contributed by atoms with E-state index in [9.17, 15) is 14.4 Å². The van der Waals surface area contributed by atoms with Crippen molar-refractivity contribution in [3.05, 3.63) is 35.4 Å². The van der Waals surface area contributed by atoms with Crippen LogP contribution in [-0.2, 0) is 15.0 Å². The van der Waals surface area contributed by atoms with Gasteiger partial charge in [-0.05, 0) is 36.0 Å². The number of hydrogen-bond acceptors (Lipinski definition) is 3. The summed E-state index contributed by atoms with van der Waals surface area (Å²) < 4.78 is 0. The first-order chi connectivity index (χ1) is 12.1. The monoisotopic (exact) mass is 361 g/mol. The summed E-state index contributed by atoms with van der Waals surface area (Å²) in [5.41, 5.74) is 1.64. The molecule has 0 spiro atoms. The predicted molar refractivity (Wildman–Crippen MR) is 103 cm³/mol. The smallest absolute Gasteiger partial charge is 0.251 e. The number of benzene rings is 1. The van der Waals surface area contributed by atoms with E-state index in [1.54, 1.807) is 12.1 Å². The Morgan fingerprint density at radius 3 is 2.04 bits per heavy atom. The average Bonchev–Trinajstić information content (AvgIpc) is 2.56. The molecule has 1 unspecified atom stereocenters. The molecular weight excluding hydrogens is 330 g/mol. The number of nitrogens with one attached hydrogen (secondary N) is 3. The highest BCUT2D eigenvalue weighted by atomic mass is 16.2. The van der Waals surface area contributed by atoms with E-state index in [4.69, 9.17) is 0 Å². The third-order valence-corrected chi connectivity index (χ3v) is 4.05. The van der Waals surface area contributed by atoms with Gasteiger partial charge in [0.25, 0.3) is 5.91 Å². The molecule has 6 heteroatoms. The van der Waals surface area contributed by atoms with Crippen LogP contribution in [0.2, 0.25) is 0 Å². The number of amides is 3. The predicted octanol–water partition coefficient (Wildman–Crippen LogP) is 1.99. The maximum atomic E-state index is 12.5. The maximum absolute atomic E-state index is 12.5. The van der Waals surface area contributed by atoms with E-state index < -0.39 is 6.04 Å². The van der Waals surface area contributed by atoms with Gasteiger partial charge in [-0.2, -0.15) is 0 Å². The van der Waals surface area contributed by atoms with Crippen molar-refractivity contribution in [3.63, 3.8) is 0 Å². The molecule has 6 nitrogen and oxygen atoms in total. The van der Waals surface area contributed by atoms with Gasteiger partial charge in [-0.1, -0.05) is 46.8 Å². The number of likely N-dealkylation sites (N-methyl/N-ethyl adjacent to an activating group) is 1. The molecule has 1 rings (SSSR count). The molecule has 26 heavy (non-hydrogen) atoms. The number of rotatable bonds is 7. The first-order valence-electron chi connectivity index (χ1n) is 9.02. The first kappa shape index (κ1) is 21.7. The molecule has 0 aromatic heterocycles. The summed E-state index contributed by atoms with van der Waals surface area (Å²) in [5, 5.41) is 7.94. The van der Waals surface area contributed by atoms with E-state index in [1.165, 1.54) is 0 Å². The minimum Gasteiger partial charge on any atom is -0.355 e. The Morgan fingerprint density at radius 2 is 1.58 bits per heavy atom. The molecule has 3 amide bonds. The summed E-state index contributed by atoms with van der Waals surface area (Å²) in [7, 11) is 0. The summed E-state index contributed by atoms with van der Waals surface area (Å²) in [6, 6.07) is 6.67. The molecular formula is C20H31N3O3. The summed E-state index contributed by atoms with van der Waals surface area (Å²) in [6.45, 7) is 12.2. The Hall–Kier alpha value is -2.37. The SMILES string of the molecule is CCNC(=O)CNC(=O)C(NC(=O)c1ccc(C(C)(C)C)cc1)C(C)C. The lowest BCUT2D eigenvalue weighted by atomic mass is 9.86. The van der Waals surface area contributed by atoms with Gasteiger partial charge in [-0.15, -0.1) is 0 Å². The van der Waals surface area contributed by atoms with E-state index in [2.05, 4.69) is 36.7 Å². The van der Waals surface area contributed by atoms with Crippen LogP contribution in [0.5, 0.6) is 0 Å². The van der Waals surface area contributed by atoms with Gasteiger partial charge in [-0.3, -0.25) is 14.4 Å². The number of carbonyl (C=O) groups excluding carboxylic acids is 3. The lowest BCUT2D eigenvalue weighted by Crippen LogP contribution is -2.51. The Bertz CT molecular complexity index is 631. The van der Waals surface area contributed by atoms with Gasteiger partial charge in [0.15, 0.2) is 0 Å². The highest BCUT2D eigenvalue weighted by molar-refractivity contribution is 5.98. The Kier molecular flexibility index (Phi) is 7.80. The summed E-state index contributed by atoms with van der Waals surface area (Å²) in [6.07, 6.45) is 0. The third-order valence-electron chi connectivity index (χ3n) is 4.05. The highest BCUT2D eigenvalue weighted by Crippen LogP contribution is 2.22. The molecule has 0 aliphatic heterocycles. The standard InChI is InChI=1S/C20H31N3O3/c1-7-21-16(24)12-22-19(26)17(13(2)3)23-18(25)14-8-10-15(11-9-14)20(4,5)6/h8-11,13,17H,7,12H2,1-6H3,(H,21,24)(H,22,26)(H,23,25). The lowest BCUT2D eigenvalue weighted by Gasteiger charge is -2.22. The lowest BCUT2D eigenvalue weighted by molar-refractivity contribution is -0.127. The number of carbonyl (C=O) groups is 3. The van der Waals surface area contributed by atoms with Crippen LogP contribution in [0.25, 0.3) is 0 Å². The van der Waals surface area contributed by atoms with Gasteiger partial charge < -0.3 is 16.0 Å². The second-order valence-corrected chi connectivity index (χ2v) is 7.69. The largest absolute Gasteiger partial charge is 0.355 e. The highest BCUT2D eigenvalue weighted by Gasteiger charge is 2.25. The van der Waals surface area contributed by atoms with Gasteiger partial charge in [0.2, 0.25) is 11.8 Å². The van der Waals surface area contributed by atoms with Gasteiger partial charge in [0.05, 0.1) is 6.54 Å². The van der Waals surface area contributed by atoms with Crippen molar-refractivity contribution in [3.8, 4) is 0 Å². The van der Waals surface area contributed by atoms with Crippen LogP contribution in [0.15, 0.2) is 24.3 Å². The van der Waals surface area contributed by atoms with Crippen molar-refractivity contribution in [2.45, 2.75) is 53.0 Å². The van der Waals surface area contributed by atoms with E-state index in [-0.39, 0.29) is 35.6 Å². The molecule has 0 aliphatic carbocycles. The fraction of sp³-hybridized carbons (Fsp3) is 0.550. The van der Waals surface area contributed by atoms with Gasteiger partial charge in [-0.25, -0.2) is 0 Å². The Labute approximate surface area is 156 Å². The second-order valence-electron chi connectivity index (χ2n) is 7.69. The van der Waals surface area contributed by atoms with Crippen molar-refractivity contribution in [1.29, 1.82) is 0 Å². The molecule has 0 aliphatic rings. The third kappa shape index (κ3) is 6.50. The van der Waals surface area contributed by atoms with Gasteiger partial charge >= 0.3 is 0 Å². The minimum absolute atomic E-state index is 0.00836. The van der Waals surface area contributed by atoms with E-state index in [1.807, 2.05) is 32.9 Å². The van der Waals surface area contributed by atoms with Crippen LogP contribution >= 0.6 is 0 Å². The van der Waals surface area contributed by atoms with Crippen LogP contribution in [0.1, 0.15) is 57.5 Å². The van der Waals surface area contributed by atoms with E-state index in [0.29, 0.717) is 12.1 Å². The first-order valence-corrected chi connectivity index (χ1v) is 9.02. The maximum Gasteiger partial charge on any atom is 0.251 e. The Morgan fingerprint density at radius 1 is 1.00 bits per heavy atom. The number of hydrogen-bond donors (Lipinski definition) is 3. The van der Waals surface area contributed by atoms with Crippen molar-refractivity contribution in [2.24, 2.45) is 5.92 Å². The molecule has 1 atom stereocenters. The topological polar surface area (TPSA) is 87.3 Å². The van der Waals surface area contributed by atoms with Crippen LogP contribution in [-0.4, -0.2) is 36.9 Å². The summed E-state index contributed by atoms with van der Waals surface area (Å²) >= 11 is 0.